The number of aromatic nitrogens is 1. The zero-order valence-corrected chi connectivity index (χ0v) is 14.6. The molecule has 3 nitrogen and oxygen atoms in total. The number of rotatable bonds is 3. The lowest BCUT2D eigenvalue weighted by Crippen LogP contribution is -2.03. The van der Waals surface area contributed by atoms with Crippen molar-refractivity contribution in [2.24, 2.45) is 0 Å². The van der Waals surface area contributed by atoms with E-state index in [1.54, 1.807) is 23.5 Å². The Morgan fingerprint density at radius 2 is 1.71 bits per heavy atom. The summed E-state index contributed by atoms with van der Waals surface area (Å²) >= 11 is 1.55. The number of H-pyrrole nitrogens is 1. The summed E-state index contributed by atoms with van der Waals surface area (Å²) < 4.78 is 26.6. The third-order valence-electron chi connectivity index (χ3n) is 4.07. The van der Waals surface area contributed by atoms with Crippen molar-refractivity contribution in [3.8, 4) is 11.3 Å². The molecule has 1 N–H and O–H groups in total. The van der Waals surface area contributed by atoms with Gasteiger partial charge in [-0.3, -0.25) is 0 Å². The summed E-state index contributed by atoms with van der Waals surface area (Å²) in [5.74, 6) is 0. The van der Waals surface area contributed by atoms with Gasteiger partial charge in [-0.2, -0.15) is 11.3 Å². The zero-order valence-electron chi connectivity index (χ0n) is 13.0. The maximum Gasteiger partial charge on any atom is 0.209 e. The number of thiophene rings is 1. The van der Waals surface area contributed by atoms with Gasteiger partial charge in [0, 0.05) is 21.8 Å². The van der Waals surface area contributed by atoms with Gasteiger partial charge < -0.3 is 4.98 Å². The van der Waals surface area contributed by atoms with E-state index in [9.17, 15) is 8.42 Å². The SMILES string of the molecule is Cc1ccc(S(=O)(=O)c2c(-c3ccsc3)[nH]c3ccccc23)cc1. The fourth-order valence-electron chi connectivity index (χ4n) is 2.84. The zero-order chi connectivity index (χ0) is 16.7. The van der Waals surface area contributed by atoms with Gasteiger partial charge in [0.25, 0.3) is 0 Å². The first-order valence-corrected chi connectivity index (χ1v) is 9.95. The summed E-state index contributed by atoms with van der Waals surface area (Å²) in [6.07, 6.45) is 0. The van der Waals surface area contributed by atoms with Gasteiger partial charge >= 0.3 is 0 Å². The fraction of sp³-hybridized carbons (Fsp3) is 0.0526. The van der Waals surface area contributed by atoms with Crippen molar-refractivity contribution in [1.29, 1.82) is 0 Å². The predicted octanol–water partition coefficient (Wildman–Crippen LogP) is 5.04. The monoisotopic (exact) mass is 353 g/mol. The van der Waals surface area contributed by atoms with E-state index in [1.165, 1.54) is 0 Å². The number of aromatic amines is 1. The van der Waals surface area contributed by atoms with Gasteiger partial charge in [-0.15, -0.1) is 0 Å². The van der Waals surface area contributed by atoms with Crippen LogP contribution in [0, 0.1) is 6.92 Å². The molecule has 0 radical (unpaired) electrons. The summed E-state index contributed by atoms with van der Waals surface area (Å²) in [6.45, 7) is 1.94. The Balaban J connectivity index is 2.05. The van der Waals surface area contributed by atoms with Crippen molar-refractivity contribution in [2.45, 2.75) is 16.7 Å². The lowest BCUT2D eigenvalue weighted by atomic mass is 10.2. The number of hydrogen-bond acceptors (Lipinski definition) is 3. The van der Waals surface area contributed by atoms with Crippen LogP contribution >= 0.6 is 11.3 Å². The summed E-state index contributed by atoms with van der Waals surface area (Å²) in [5.41, 5.74) is 3.40. The Kier molecular flexibility index (Phi) is 3.55. The Morgan fingerprint density at radius 1 is 0.958 bits per heavy atom. The van der Waals surface area contributed by atoms with Crippen LogP contribution in [0.2, 0.25) is 0 Å². The fourth-order valence-corrected chi connectivity index (χ4v) is 5.12. The van der Waals surface area contributed by atoms with Crippen LogP contribution in [0.4, 0.5) is 0 Å². The number of nitrogens with one attached hydrogen (secondary N) is 1. The van der Waals surface area contributed by atoms with Crippen molar-refractivity contribution in [2.75, 3.05) is 0 Å². The van der Waals surface area contributed by atoms with Crippen molar-refractivity contribution >= 4 is 32.1 Å². The highest BCUT2D eigenvalue weighted by atomic mass is 32.2. The average molecular weight is 353 g/mol. The standard InChI is InChI=1S/C19H15NO2S2/c1-13-6-8-15(9-7-13)24(21,22)19-16-4-2-3-5-17(16)20-18(19)14-10-11-23-12-14/h2-12,20H,1H3. The predicted molar refractivity (Wildman–Crippen MR) is 98.2 cm³/mol. The number of benzene rings is 2. The molecule has 0 amide bonds. The summed E-state index contributed by atoms with van der Waals surface area (Å²) in [6, 6.07) is 16.4. The van der Waals surface area contributed by atoms with Crippen LogP contribution < -0.4 is 0 Å². The second-order valence-electron chi connectivity index (χ2n) is 5.70. The van der Waals surface area contributed by atoms with Gasteiger partial charge in [-0.05, 0) is 36.6 Å². The molecule has 0 aliphatic rings. The van der Waals surface area contributed by atoms with Gasteiger partial charge in [-0.1, -0.05) is 35.9 Å². The highest BCUT2D eigenvalue weighted by molar-refractivity contribution is 7.91. The van der Waals surface area contributed by atoms with Crippen molar-refractivity contribution in [3.63, 3.8) is 0 Å². The minimum absolute atomic E-state index is 0.314. The number of para-hydroxylation sites is 1. The lowest BCUT2D eigenvalue weighted by molar-refractivity contribution is 0.597. The van der Waals surface area contributed by atoms with Gasteiger partial charge in [0.2, 0.25) is 9.84 Å². The summed E-state index contributed by atoms with van der Waals surface area (Å²) in [5, 5.41) is 4.63. The quantitative estimate of drug-likeness (QED) is 0.561. The molecule has 2 heterocycles. The van der Waals surface area contributed by atoms with Crippen molar-refractivity contribution in [1.82, 2.24) is 4.98 Å². The summed E-state index contributed by atoms with van der Waals surface area (Å²) in [7, 11) is -3.62. The molecule has 0 aliphatic heterocycles. The first-order chi connectivity index (χ1) is 11.6. The Bertz CT molecular complexity index is 1110. The van der Waals surface area contributed by atoms with Crippen LogP contribution in [0.15, 0.2) is 75.1 Å². The van der Waals surface area contributed by atoms with E-state index in [2.05, 4.69) is 4.98 Å². The normalized spacial score (nSPS) is 11.9. The molecule has 120 valence electrons. The first kappa shape index (κ1) is 15.2. The van der Waals surface area contributed by atoms with Gasteiger partial charge in [0.1, 0.15) is 4.90 Å². The highest BCUT2D eigenvalue weighted by Gasteiger charge is 2.27. The van der Waals surface area contributed by atoms with Gasteiger partial charge in [0.05, 0.1) is 10.6 Å². The third-order valence-corrected chi connectivity index (χ3v) is 6.61. The Labute approximate surface area is 144 Å². The minimum atomic E-state index is -3.62. The lowest BCUT2D eigenvalue weighted by Gasteiger charge is -2.07. The number of sulfone groups is 1. The van der Waals surface area contributed by atoms with E-state index in [0.29, 0.717) is 15.5 Å². The molecule has 24 heavy (non-hydrogen) atoms. The maximum absolute atomic E-state index is 13.3. The van der Waals surface area contributed by atoms with Crippen LogP contribution in [-0.2, 0) is 9.84 Å². The number of fused-ring (bicyclic) bond motifs is 1. The summed E-state index contributed by atoms with van der Waals surface area (Å²) in [4.78, 5) is 3.94. The molecular formula is C19H15NO2S2. The largest absolute Gasteiger partial charge is 0.353 e. The molecule has 4 aromatic rings. The minimum Gasteiger partial charge on any atom is -0.353 e. The maximum atomic E-state index is 13.3. The van der Waals surface area contributed by atoms with Gasteiger partial charge in [0.15, 0.2) is 0 Å². The molecule has 0 unspecified atom stereocenters. The van der Waals surface area contributed by atoms with E-state index >= 15 is 0 Å². The van der Waals surface area contributed by atoms with Crippen LogP contribution in [0.3, 0.4) is 0 Å². The van der Waals surface area contributed by atoms with E-state index in [4.69, 9.17) is 0 Å². The molecule has 5 heteroatoms. The van der Waals surface area contributed by atoms with E-state index < -0.39 is 9.84 Å². The Morgan fingerprint density at radius 3 is 2.42 bits per heavy atom. The van der Waals surface area contributed by atoms with Crippen LogP contribution in [0.1, 0.15) is 5.56 Å². The molecule has 0 spiro atoms. The average Bonchev–Trinajstić information content (AvgIpc) is 3.22. The van der Waals surface area contributed by atoms with Gasteiger partial charge in [-0.25, -0.2) is 8.42 Å². The molecular weight excluding hydrogens is 338 g/mol. The molecule has 0 bridgehead atoms. The smallest absolute Gasteiger partial charge is 0.209 e. The number of aryl methyl sites for hydroxylation is 1. The molecule has 0 aliphatic carbocycles. The topological polar surface area (TPSA) is 49.9 Å². The third kappa shape index (κ3) is 2.37. The molecule has 2 aromatic heterocycles. The van der Waals surface area contributed by atoms with Crippen LogP contribution in [-0.4, -0.2) is 13.4 Å². The Hall–Kier alpha value is -2.37. The molecule has 0 saturated heterocycles. The van der Waals surface area contributed by atoms with Crippen LogP contribution in [0.25, 0.3) is 22.2 Å². The second-order valence-corrected chi connectivity index (χ2v) is 8.37. The van der Waals surface area contributed by atoms with E-state index in [0.717, 1.165) is 22.0 Å². The van der Waals surface area contributed by atoms with Crippen molar-refractivity contribution < 1.29 is 8.42 Å². The highest BCUT2D eigenvalue weighted by Crippen LogP contribution is 2.37. The first-order valence-electron chi connectivity index (χ1n) is 7.52. The second kappa shape index (κ2) is 5.61. The molecule has 0 fully saturated rings. The molecule has 4 rings (SSSR count). The van der Waals surface area contributed by atoms with E-state index in [-0.39, 0.29) is 0 Å². The molecule has 0 atom stereocenters. The molecule has 0 saturated carbocycles. The van der Waals surface area contributed by atoms with Crippen molar-refractivity contribution in [3.05, 3.63) is 70.9 Å². The van der Waals surface area contributed by atoms with E-state index in [1.807, 2.05) is 60.1 Å². The molecule has 2 aromatic carbocycles. The number of hydrogen-bond donors (Lipinski definition) is 1. The van der Waals surface area contributed by atoms with Crippen LogP contribution in [0.5, 0.6) is 0 Å².